The van der Waals surface area contributed by atoms with Gasteiger partial charge in [-0.05, 0) is 24.1 Å². The summed E-state index contributed by atoms with van der Waals surface area (Å²) in [6, 6.07) is 3.49. The van der Waals surface area contributed by atoms with E-state index in [1.165, 1.54) is 19.1 Å². The van der Waals surface area contributed by atoms with Gasteiger partial charge in [-0.3, -0.25) is 0 Å². The number of rotatable bonds is 1. The van der Waals surface area contributed by atoms with Crippen LogP contribution in [0.4, 0.5) is 17.6 Å². The summed E-state index contributed by atoms with van der Waals surface area (Å²) in [6.07, 6.45) is -4.37. The highest BCUT2D eigenvalue weighted by Gasteiger charge is 2.61. The molecule has 0 aliphatic carbocycles. The van der Waals surface area contributed by atoms with Gasteiger partial charge in [-0.1, -0.05) is 12.1 Å². The van der Waals surface area contributed by atoms with Gasteiger partial charge in [0.05, 0.1) is 13.2 Å². The fourth-order valence-electron chi connectivity index (χ4n) is 1.74. The van der Waals surface area contributed by atoms with E-state index in [1.807, 2.05) is 0 Å². The lowest BCUT2D eigenvalue weighted by molar-refractivity contribution is -0.262. The average Bonchev–Trinajstić information content (AvgIpc) is 2.06. The van der Waals surface area contributed by atoms with E-state index in [-0.39, 0.29) is 24.3 Å². The van der Waals surface area contributed by atoms with Crippen molar-refractivity contribution < 1.29 is 22.3 Å². The third-order valence-electron chi connectivity index (χ3n) is 2.95. The van der Waals surface area contributed by atoms with Crippen LogP contribution < -0.4 is 0 Å². The first-order valence-electron chi connectivity index (χ1n) is 4.78. The molecule has 1 aromatic rings. The predicted molar refractivity (Wildman–Crippen MR) is 49.7 cm³/mol. The second kappa shape index (κ2) is 3.45. The molecule has 88 valence electrons. The van der Waals surface area contributed by atoms with E-state index in [1.54, 1.807) is 0 Å². The lowest BCUT2D eigenvalue weighted by Crippen LogP contribution is -2.57. The van der Waals surface area contributed by atoms with E-state index >= 15 is 0 Å². The maximum Gasteiger partial charge on any atom is 0.402 e. The zero-order valence-corrected chi connectivity index (χ0v) is 8.57. The van der Waals surface area contributed by atoms with Crippen LogP contribution in [0, 0.1) is 12.7 Å². The predicted octanol–water partition coefficient (Wildman–Crippen LogP) is 2.96. The van der Waals surface area contributed by atoms with E-state index in [4.69, 9.17) is 0 Å². The molecule has 1 nitrogen and oxygen atoms in total. The number of aryl methyl sites for hydroxylation is 1. The molecule has 1 heterocycles. The Balaban J connectivity index is 2.45. The van der Waals surface area contributed by atoms with Crippen LogP contribution in [0.1, 0.15) is 11.1 Å². The number of hydrogen-bond donors (Lipinski definition) is 0. The van der Waals surface area contributed by atoms with Gasteiger partial charge >= 0.3 is 6.18 Å². The molecular weight excluding hydrogens is 224 g/mol. The van der Waals surface area contributed by atoms with Gasteiger partial charge in [-0.15, -0.1) is 0 Å². The SMILES string of the molecule is Cc1cc(C2(C(F)(F)F)COC2)ccc1F. The second-order valence-electron chi connectivity index (χ2n) is 4.04. The Labute approximate surface area is 90.0 Å². The van der Waals surface area contributed by atoms with Crippen LogP contribution in [0.5, 0.6) is 0 Å². The molecule has 1 saturated heterocycles. The van der Waals surface area contributed by atoms with E-state index in [2.05, 4.69) is 4.74 Å². The van der Waals surface area contributed by atoms with Crippen molar-refractivity contribution in [2.24, 2.45) is 0 Å². The van der Waals surface area contributed by atoms with Crippen LogP contribution in [0.3, 0.4) is 0 Å². The molecule has 1 fully saturated rings. The molecule has 0 bridgehead atoms. The van der Waals surface area contributed by atoms with Crippen molar-refractivity contribution in [2.45, 2.75) is 18.5 Å². The molecule has 0 aromatic heterocycles. The first-order valence-corrected chi connectivity index (χ1v) is 4.78. The molecule has 1 aliphatic rings. The molecular formula is C11H10F4O. The second-order valence-corrected chi connectivity index (χ2v) is 4.04. The minimum Gasteiger partial charge on any atom is -0.379 e. The molecule has 0 atom stereocenters. The summed E-state index contributed by atoms with van der Waals surface area (Å²) in [5.41, 5.74) is -1.66. The molecule has 16 heavy (non-hydrogen) atoms. The Morgan fingerprint density at radius 2 is 1.88 bits per heavy atom. The highest BCUT2D eigenvalue weighted by molar-refractivity contribution is 5.34. The minimum absolute atomic E-state index is 0.0742. The van der Waals surface area contributed by atoms with Crippen LogP contribution in [0.25, 0.3) is 0 Å². The van der Waals surface area contributed by atoms with Crippen molar-refractivity contribution in [1.82, 2.24) is 0 Å². The number of halogens is 4. The molecule has 1 aliphatic heterocycles. The lowest BCUT2D eigenvalue weighted by atomic mass is 9.77. The van der Waals surface area contributed by atoms with Crippen LogP contribution in [0.15, 0.2) is 18.2 Å². The number of alkyl halides is 3. The Kier molecular flexibility index (Phi) is 2.45. The molecule has 0 radical (unpaired) electrons. The summed E-state index contributed by atoms with van der Waals surface area (Å²) in [5, 5.41) is 0. The third-order valence-corrected chi connectivity index (χ3v) is 2.95. The van der Waals surface area contributed by atoms with Crippen LogP contribution in [-0.4, -0.2) is 19.4 Å². The first-order chi connectivity index (χ1) is 7.37. The minimum atomic E-state index is -4.37. The fraction of sp³-hybridized carbons (Fsp3) is 0.455. The van der Waals surface area contributed by atoms with Crippen LogP contribution >= 0.6 is 0 Å². The standard InChI is InChI=1S/C11H10F4O/c1-7-4-8(2-3-9(7)12)10(5-16-6-10)11(13,14)15/h2-4H,5-6H2,1H3. The normalized spacial score (nSPS) is 19.3. The molecule has 0 N–H and O–H groups in total. The summed E-state index contributed by atoms with van der Waals surface area (Å²) in [7, 11) is 0. The van der Waals surface area contributed by atoms with Gasteiger partial charge in [0.1, 0.15) is 11.2 Å². The topological polar surface area (TPSA) is 9.23 Å². The summed E-state index contributed by atoms with van der Waals surface area (Å²) in [6.45, 7) is 0.672. The maximum absolute atomic E-state index is 13.0. The van der Waals surface area contributed by atoms with Gasteiger partial charge in [-0.2, -0.15) is 13.2 Å². The molecule has 2 rings (SSSR count). The quantitative estimate of drug-likeness (QED) is 0.679. The molecule has 0 spiro atoms. The van der Waals surface area contributed by atoms with E-state index in [0.29, 0.717) is 0 Å². The zero-order valence-electron chi connectivity index (χ0n) is 8.57. The third kappa shape index (κ3) is 1.50. The highest BCUT2D eigenvalue weighted by atomic mass is 19.4. The largest absolute Gasteiger partial charge is 0.402 e. The number of benzene rings is 1. The molecule has 1 aromatic carbocycles. The van der Waals surface area contributed by atoms with Gasteiger partial charge < -0.3 is 4.74 Å². The summed E-state index contributed by atoms with van der Waals surface area (Å²) < 4.78 is 56.4. The van der Waals surface area contributed by atoms with Crippen molar-refractivity contribution >= 4 is 0 Å². The highest BCUT2D eigenvalue weighted by Crippen LogP contribution is 2.46. The van der Waals surface area contributed by atoms with E-state index < -0.39 is 17.4 Å². The Hall–Kier alpha value is -1.10. The molecule has 5 heteroatoms. The maximum atomic E-state index is 13.0. The van der Waals surface area contributed by atoms with Crippen LogP contribution in [0.2, 0.25) is 0 Å². The summed E-state index contributed by atoms with van der Waals surface area (Å²) in [4.78, 5) is 0. The molecule has 0 saturated carbocycles. The van der Waals surface area contributed by atoms with Crippen molar-refractivity contribution in [1.29, 1.82) is 0 Å². The molecule has 0 unspecified atom stereocenters. The van der Waals surface area contributed by atoms with Crippen molar-refractivity contribution in [3.63, 3.8) is 0 Å². The van der Waals surface area contributed by atoms with Crippen molar-refractivity contribution in [2.75, 3.05) is 13.2 Å². The van der Waals surface area contributed by atoms with Crippen LogP contribution in [-0.2, 0) is 10.2 Å². The van der Waals surface area contributed by atoms with E-state index in [0.717, 1.165) is 6.07 Å². The van der Waals surface area contributed by atoms with Gasteiger partial charge in [-0.25, -0.2) is 4.39 Å². The number of hydrogen-bond acceptors (Lipinski definition) is 1. The Bertz CT molecular complexity index is 407. The van der Waals surface area contributed by atoms with Gasteiger partial charge in [0.25, 0.3) is 0 Å². The van der Waals surface area contributed by atoms with Gasteiger partial charge in [0.2, 0.25) is 0 Å². The average molecular weight is 234 g/mol. The Morgan fingerprint density at radius 3 is 2.25 bits per heavy atom. The summed E-state index contributed by atoms with van der Waals surface area (Å²) >= 11 is 0. The first kappa shape index (κ1) is 11.4. The zero-order chi connectivity index (χ0) is 12.0. The van der Waals surface area contributed by atoms with Crippen molar-refractivity contribution in [3.05, 3.63) is 35.1 Å². The van der Waals surface area contributed by atoms with Gasteiger partial charge in [0, 0.05) is 0 Å². The number of ether oxygens (including phenoxy) is 1. The van der Waals surface area contributed by atoms with Gasteiger partial charge in [0.15, 0.2) is 0 Å². The van der Waals surface area contributed by atoms with Crippen molar-refractivity contribution in [3.8, 4) is 0 Å². The Morgan fingerprint density at radius 1 is 1.25 bits per heavy atom. The summed E-state index contributed by atoms with van der Waals surface area (Å²) in [5.74, 6) is -0.499. The fourth-order valence-corrected chi connectivity index (χ4v) is 1.74. The van der Waals surface area contributed by atoms with E-state index in [9.17, 15) is 17.6 Å². The lowest BCUT2D eigenvalue weighted by Gasteiger charge is -2.43. The molecule has 0 amide bonds. The monoisotopic (exact) mass is 234 g/mol. The smallest absolute Gasteiger partial charge is 0.379 e.